The summed E-state index contributed by atoms with van der Waals surface area (Å²) in [5, 5.41) is 2.85. The van der Waals surface area contributed by atoms with E-state index in [0.29, 0.717) is 5.69 Å². The maximum atomic E-state index is 13.0. The van der Waals surface area contributed by atoms with Gasteiger partial charge in [0, 0.05) is 5.69 Å². The van der Waals surface area contributed by atoms with Gasteiger partial charge in [0.15, 0.2) is 0 Å². The van der Waals surface area contributed by atoms with E-state index in [-0.39, 0.29) is 21.9 Å². The number of rotatable bonds is 2. The molecule has 2 aromatic carbocycles. The van der Waals surface area contributed by atoms with E-state index in [2.05, 4.69) is 26.1 Å². The molecule has 2 nitrogen and oxygen atoms in total. The van der Waals surface area contributed by atoms with Gasteiger partial charge in [-0.1, -0.05) is 44.5 Å². The fraction of sp³-hybridized carbons (Fsp3) is 0.235. The summed E-state index contributed by atoms with van der Waals surface area (Å²) in [5.41, 5.74) is 2.16. The van der Waals surface area contributed by atoms with Crippen molar-refractivity contribution in [2.75, 3.05) is 5.32 Å². The van der Waals surface area contributed by atoms with Crippen molar-refractivity contribution in [2.45, 2.75) is 26.2 Å². The van der Waals surface area contributed by atoms with Gasteiger partial charge in [0.1, 0.15) is 5.82 Å². The lowest BCUT2D eigenvalue weighted by Crippen LogP contribution is -2.14. The van der Waals surface area contributed by atoms with Gasteiger partial charge in [-0.3, -0.25) is 4.79 Å². The molecule has 2 aromatic rings. The summed E-state index contributed by atoms with van der Waals surface area (Å²) in [7, 11) is 0. The molecule has 0 saturated heterocycles. The molecule has 0 fully saturated rings. The molecule has 0 radical (unpaired) electrons. The monoisotopic (exact) mass is 305 g/mol. The molecule has 0 saturated carbocycles. The van der Waals surface area contributed by atoms with E-state index < -0.39 is 5.82 Å². The van der Waals surface area contributed by atoms with Crippen molar-refractivity contribution in [1.29, 1.82) is 0 Å². The molecule has 4 heteroatoms. The molecule has 0 aliphatic heterocycles. The molecule has 1 amide bonds. The van der Waals surface area contributed by atoms with Crippen LogP contribution in [0.1, 0.15) is 36.7 Å². The van der Waals surface area contributed by atoms with E-state index in [4.69, 9.17) is 11.6 Å². The first-order valence-corrected chi connectivity index (χ1v) is 7.02. The Bertz CT molecular complexity index is 659. The predicted molar refractivity (Wildman–Crippen MR) is 84.5 cm³/mol. The number of hydrogen-bond acceptors (Lipinski definition) is 1. The van der Waals surface area contributed by atoms with Crippen molar-refractivity contribution < 1.29 is 9.18 Å². The predicted octanol–water partition coefficient (Wildman–Crippen LogP) is 5.03. The lowest BCUT2D eigenvalue weighted by molar-refractivity contribution is 0.102. The number of hydrogen-bond donors (Lipinski definition) is 1. The molecule has 0 aliphatic rings. The van der Waals surface area contributed by atoms with E-state index in [1.807, 2.05) is 24.3 Å². The molecule has 0 heterocycles. The Balaban J connectivity index is 2.16. The number of carbonyl (C=O) groups is 1. The van der Waals surface area contributed by atoms with Crippen molar-refractivity contribution in [3.63, 3.8) is 0 Å². The van der Waals surface area contributed by atoms with Crippen LogP contribution in [-0.4, -0.2) is 5.91 Å². The van der Waals surface area contributed by atoms with Crippen LogP contribution in [0.4, 0.5) is 10.1 Å². The second kappa shape index (κ2) is 5.86. The van der Waals surface area contributed by atoms with Crippen molar-refractivity contribution in [3.05, 3.63) is 64.4 Å². The second-order valence-corrected chi connectivity index (χ2v) is 6.31. The fourth-order valence-electron chi connectivity index (χ4n) is 1.93. The van der Waals surface area contributed by atoms with Gasteiger partial charge in [-0.05, 0) is 41.3 Å². The van der Waals surface area contributed by atoms with Crippen LogP contribution in [0.15, 0.2) is 42.5 Å². The zero-order chi connectivity index (χ0) is 15.6. The van der Waals surface area contributed by atoms with E-state index in [1.54, 1.807) is 0 Å². The molecular weight excluding hydrogens is 289 g/mol. The molecule has 2 rings (SSSR count). The van der Waals surface area contributed by atoms with Crippen LogP contribution in [0.25, 0.3) is 0 Å². The van der Waals surface area contributed by atoms with Crippen LogP contribution in [-0.2, 0) is 5.41 Å². The highest BCUT2D eigenvalue weighted by Gasteiger charge is 2.14. The first-order chi connectivity index (χ1) is 9.77. The quantitative estimate of drug-likeness (QED) is 0.828. The third-order valence-corrected chi connectivity index (χ3v) is 3.50. The van der Waals surface area contributed by atoms with Crippen LogP contribution in [0.5, 0.6) is 0 Å². The van der Waals surface area contributed by atoms with E-state index in [0.717, 1.165) is 6.07 Å². The van der Waals surface area contributed by atoms with Gasteiger partial charge in [-0.25, -0.2) is 4.39 Å². The first-order valence-electron chi connectivity index (χ1n) is 6.64. The third-order valence-electron chi connectivity index (χ3n) is 3.18. The zero-order valence-corrected chi connectivity index (χ0v) is 13.0. The number of benzene rings is 2. The van der Waals surface area contributed by atoms with Gasteiger partial charge in [0.25, 0.3) is 5.91 Å². The first kappa shape index (κ1) is 15.5. The van der Waals surface area contributed by atoms with Crippen LogP contribution >= 0.6 is 11.6 Å². The highest BCUT2D eigenvalue weighted by Crippen LogP contribution is 2.24. The summed E-state index contributed by atoms with van der Waals surface area (Å²) in [5.74, 6) is -0.824. The average molecular weight is 306 g/mol. The number of anilines is 1. The number of amides is 1. The minimum Gasteiger partial charge on any atom is -0.322 e. The molecule has 0 aromatic heterocycles. The minimum atomic E-state index is -0.467. The lowest BCUT2D eigenvalue weighted by atomic mass is 9.87. The largest absolute Gasteiger partial charge is 0.322 e. The van der Waals surface area contributed by atoms with Gasteiger partial charge >= 0.3 is 0 Å². The normalized spacial score (nSPS) is 11.3. The standard InChI is InChI=1S/C17H17ClFNO/c1-17(2,3)11-4-7-13(8-5-11)20-16(21)14-9-6-12(19)10-15(14)18/h4-10H,1-3H3,(H,20,21). The molecule has 0 spiro atoms. The smallest absolute Gasteiger partial charge is 0.257 e. The van der Waals surface area contributed by atoms with Crippen molar-refractivity contribution >= 4 is 23.2 Å². The third kappa shape index (κ3) is 3.82. The summed E-state index contributed by atoms with van der Waals surface area (Å²) < 4.78 is 13.0. The van der Waals surface area contributed by atoms with Gasteiger partial charge in [-0.2, -0.15) is 0 Å². The Morgan fingerprint density at radius 3 is 2.24 bits per heavy atom. The Morgan fingerprint density at radius 1 is 1.10 bits per heavy atom. The molecule has 0 atom stereocenters. The summed E-state index contributed by atoms with van der Waals surface area (Å²) in [6, 6.07) is 11.3. The molecule has 0 unspecified atom stereocenters. The number of carbonyl (C=O) groups excluding carboxylic acids is 1. The summed E-state index contributed by atoms with van der Waals surface area (Å²) in [4.78, 5) is 12.1. The van der Waals surface area contributed by atoms with E-state index >= 15 is 0 Å². The average Bonchev–Trinajstić information content (AvgIpc) is 2.38. The van der Waals surface area contributed by atoms with Gasteiger partial charge < -0.3 is 5.32 Å². The number of nitrogens with one attached hydrogen (secondary N) is 1. The van der Waals surface area contributed by atoms with Gasteiger partial charge in [0.2, 0.25) is 0 Å². The van der Waals surface area contributed by atoms with E-state index in [1.165, 1.54) is 17.7 Å². The van der Waals surface area contributed by atoms with Gasteiger partial charge in [-0.15, -0.1) is 0 Å². The van der Waals surface area contributed by atoms with Crippen LogP contribution in [0.2, 0.25) is 5.02 Å². The zero-order valence-electron chi connectivity index (χ0n) is 12.2. The Labute approximate surface area is 128 Å². The topological polar surface area (TPSA) is 29.1 Å². The van der Waals surface area contributed by atoms with Crippen molar-refractivity contribution in [1.82, 2.24) is 0 Å². The fourth-order valence-corrected chi connectivity index (χ4v) is 2.18. The lowest BCUT2D eigenvalue weighted by Gasteiger charge is -2.19. The molecular formula is C17H17ClFNO. The Kier molecular flexibility index (Phi) is 4.33. The Hall–Kier alpha value is -1.87. The maximum absolute atomic E-state index is 13.0. The highest BCUT2D eigenvalue weighted by atomic mass is 35.5. The van der Waals surface area contributed by atoms with Crippen molar-refractivity contribution in [2.24, 2.45) is 0 Å². The minimum absolute atomic E-state index is 0.0583. The molecule has 0 bridgehead atoms. The maximum Gasteiger partial charge on any atom is 0.257 e. The summed E-state index contributed by atoms with van der Waals surface area (Å²) in [6.45, 7) is 6.37. The summed E-state index contributed by atoms with van der Waals surface area (Å²) >= 11 is 5.87. The second-order valence-electron chi connectivity index (χ2n) is 5.91. The SMILES string of the molecule is CC(C)(C)c1ccc(NC(=O)c2ccc(F)cc2Cl)cc1. The molecule has 1 N–H and O–H groups in total. The highest BCUT2D eigenvalue weighted by molar-refractivity contribution is 6.34. The molecule has 0 aliphatic carbocycles. The van der Waals surface area contributed by atoms with Crippen LogP contribution < -0.4 is 5.32 Å². The Morgan fingerprint density at radius 2 is 1.71 bits per heavy atom. The van der Waals surface area contributed by atoms with Crippen LogP contribution in [0.3, 0.4) is 0 Å². The van der Waals surface area contributed by atoms with Crippen molar-refractivity contribution in [3.8, 4) is 0 Å². The molecule has 110 valence electrons. The summed E-state index contributed by atoms with van der Waals surface area (Å²) in [6.07, 6.45) is 0. The van der Waals surface area contributed by atoms with Crippen LogP contribution in [0, 0.1) is 5.82 Å². The number of halogens is 2. The molecule has 21 heavy (non-hydrogen) atoms. The van der Waals surface area contributed by atoms with E-state index in [9.17, 15) is 9.18 Å². The van der Waals surface area contributed by atoms with Gasteiger partial charge in [0.05, 0.1) is 10.6 Å².